The van der Waals surface area contributed by atoms with Crippen molar-refractivity contribution < 1.29 is 19.6 Å². The van der Waals surface area contributed by atoms with Gasteiger partial charge in [0.15, 0.2) is 0 Å². The van der Waals surface area contributed by atoms with E-state index in [1.807, 2.05) is 6.92 Å². The van der Waals surface area contributed by atoms with Crippen LogP contribution in [0.25, 0.3) is 0 Å². The fourth-order valence-electron chi connectivity index (χ4n) is 1.64. The van der Waals surface area contributed by atoms with Crippen LogP contribution in [0.2, 0.25) is 0 Å². The minimum atomic E-state index is -0.957. The highest BCUT2D eigenvalue weighted by atomic mass is 16.6. The number of hydrogen-bond donors (Lipinski definition) is 2. The van der Waals surface area contributed by atoms with Crippen molar-refractivity contribution in [3.05, 3.63) is 22.4 Å². The second-order valence-electron chi connectivity index (χ2n) is 4.26. The second kappa shape index (κ2) is 7.22. The molecule has 1 atom stereocenters. The summed E-state index contributed by atoms with van der Waals surface area (Å²) in [5, 5.41) is 25.4. The summed E-state index contributed by atoms with van der Waals surface area (Å²) in [6.45, 7) is 1.71. The van der Waals surface area contributed by atoms with Crippen molar-refractivity contribution in [3.63, 3.8) is 0 Å². The maximum absolute atomic E-state index is 11.6. The molecule has 1 amide bonds. The summed E-state index contributed by atoms with van der Waals surface area (Å²) >= 11 is 0. The molecule has 0 aliphatic carbocycles. The number of aliphatic carboxylic acids is 1. The van der Waals surface area contributed by atoms with Gasteiger partial charge in [-0.3, -0.25) is 9.59 Å². The summed E-state index contributed by atoms with van der Waals surface area (Å²) in [6.07, 6.45) is 2.50. The Kier molecular flexibility index (Phi) is 5.63. The Morgan fingerprint density at radius 3 is 2.80 bits per heavy atom. The van der Waals surface area contributed by atoms with Gasteiger partial charge in [0.2, 0.25) is 5.91 Å². The summed E-state index contributed by atoms with van der Waals surface area (Å²) in [5.41, 5.74) is 0. The fraction of sp³-hybridized carbons (Fsp3) is 0.545. The lowest BCUT2D eigenvalue weighted by atomic mass is 10.0. The lowest BCUT2D eigenvalue weighted by Crippen LogP contribution is -2.35. The number of rotatable bonds is 8. The zero-order chi connectivity index (χ0) is 15.1. The molecule has 20 heavy (non-hydrogen) atoms. The van der Waals surface area contributed by atoms with Gasteiger partial charge in [-0.1, -0.05) is 13.3 Å². The Balaban J connectivity index is 2.46. The normalized spacial score (nSPS) is 11.8. The molecule has 0 bridgehead atoms. The molecule has 9 nitrogen and oxygen atoms in total. The molecule has 0 spiro atoms. The number of nitro groups is 1. The third-order valence-corrected chi connectivity index (χ3v) is 2.65. The summed E-state index contributed by atoms with van der Waals surface area (Å²) in [7, 11) is 0. The minimum Gasteiger partial charge on any atom is -0.481 e. The third kappa shape index (κ3) is 4.67. The van der Waals surface area contributed by atoms with E-state index in [0.29, 0.717) is 12.8 Å². The van der Waals surface area contributed by atoms with E-state index in [9.17, 15) is 19.7 Å². The van der Waals surface area contributed by atoms with Crippen LogP contribution in [-0.2, 0) is 16.1 Å². The first-order chi connectivity index (χ1) is 9.43. The Morgan fingerprint density at radius 2 is 2.30 bits per heavy atom. The number of aromatic nitrogens is 2. The van der Waals surface area contributed by atoms with Gasteiger partial charge in [0, 0.05) is 6.54 Å². The van der Waals surface area contributed by atoms with E-state index >= 15 is 0 Å². The molecule has 1 heterocycles. The smallest absolute Gasteiger partial charge is 0.389 e. The van der Waals surface area contributed by atoms with Gasteiger partial charge in [-0.2, -0.15) is 4.68 Å². The van der Waals surface area contributed by atoms with Crippen molar-refractivity contribution >= 4 is 17.7 Å². The van der Waals surface area contributed by atoms with Gasteiger partial charge in [0.1, 0.15) is 6.54 Å². The third-order valence-electron chi connectivity index (χ3n) is 2.65. The Labute approximate surface area is 114 Å². The van der Waals surface area contributed by atoms with Crippen molar-refractivity contribution in [2.24, 2.45) is 5.92 Å². The number of nitrogens with zero attached hydrogens (tertiary/aromatic N) is 3. The molecule has 2 N–H and O–H groups in total. The number of carboxylic acid groups (broad SMARTS) is 1. The first-order valence-electron chi connectivity index (χ1n) is 6.11. The molecule has 1 aromatic heterocycles. The number of carbonyl (C=O) groups is 2. The predicted molar refractivity (Wildman–Crippen MR) is 67.9 cm³/mol. The summed E-state index contributed by atoms with van der Waals surface area (Å²) in [6, 6.07) is 1.18. The predicted octanol–water partition coefficient (Wildman–Crippen LogP) is 0.408. The van der Waals surface area contributed by atoms with Crippen LogP contribution in [0.1, 0.15) is 19.8 Å². The van der Waals surface area contributed by atoms with Crippen LogP contribution in [-0.4, -0.2) is 38.2 Å². The van der Waals surface area contributed by atoms with E-state index in [0.717, 1.165) is 4.68 Å². The van der Waals surface area contributed by atoms with Crippen LogP contribution >= 0.6 is 0 Å². The van der Waals surface area contributed by atoms with E-state index in [1.165, 1.54) is 12.3 Å². The second-order valence-corrected chi connectivity index (χ2v) is 4.26. The van der Waals surface area contributed by atoms with Crippen molar-refractivity contribution in [1.29, 1.82) is 0 Å². The average molecular weight is 284 g/mol. The summed E-state index contributed by atoms with van der Waals surface area (Å²) in [5.74, 6) is -2.37. The van der Waals surface area contributed by atoms with E-state index in [4.69, 9.17) is 5.11 Å². The highest BCUT2D eigenvalue weighted by Crippen LogP contribution is 2.06. The first kappa shape index (κ1) is 15.6. The molecular weight excluding hydrogens is 268 g/mol. The van der Waals surface area contributed by atoms with Crippen molar-refractivity contribution in [2.45, 2.75) is 26.3 Å². The average Bonchev–Trinajstić information content (AvgIpc) is 2.82. The minimum absolute atomic E-state index is 0.0331. The largest absolute Gasteiger partial charge is 0.481 e. The van der Waals surface area contributed by atoms with Crippen molar-refractivity contribution in [3.8, 4) is 0 Å². The monoisotopic (exact) mass is 284 g/mol. The lowest BCUT2D eigenvalue weighted by Gasteiger charge is -2.11. The molecule has 0 fully saturated rings. The zero-order valence-electron chi connectivity index (χ0n) is 11.0. The number of amides is 1. The van der Waals surface area contributed by atoms with Crippen LogP contribution in [0.3, 0.4) is 0 Å². The van der Waals surface area contributed by atoms with E-state index < -0.39 is 22.7 Å². The number of nitrogens with one attached hydrogen (secondary N) is 1. The molecular formula is C11H16N4O5. The van der Waals surface area contributed by atoms with Crippen molar-refractivity contribution in [2.75, 3.05) is 6.54 Å². The Morgan fingerprint density at radius 1 is 1.60 bits per heavy atom. The topological polar surface area (TPSA) is 127 Å². The molecule has 9 heteroatoms. The SMILES string of the molecule is CCCC(CNC(=O)Cn1ccc([N+](=O)[O-])n1)C(=O)O. The highest BCUT2D eigenvalue weighted by Gasteiger charge is 2.18. The van der Waals surface area contributed by atoms with Gasteiger partial charge in [-0.25, -0.2) is 0 Å². The van der Waals surface area contributed by atoms with E-state index in [-0.39, 0.29) is 18.9 Å². The van der Waals surface area contributed by atoms with Crippen LogP contribution in [0, 0.1) is 16.0 Å². The molecule has 0 aromatic carbocycles. The molecule has 0 radical (unpaired) electrons. The van der Waals surface area contributed by atoms with E-state index in [2.05, 4.69) is 10.4 Å². The maximum atomic E-state index is 11.6. The lowest BCUT2D eigenvalue weighted by molar-refractivity contribution is -0.389. The van der Waals surface area contributed by atoms with Crippen LogP contribution in [0.5, 0.6) is 0 Å². The van der Waals surface area contributed by atoms with Gasteiger partial charge in [-0.15, -0.1) is 0 Å². The number of carboxylic acids is 1. The molecule has 1 aromatic rings. The van der Waals surface area contributed by atoms with Crippen LogP contribution in [0.15, 0.2) is 12.3 Å². The fourth-order valence-corrected chi connectivity index (χ4v) is 1.64. The van der Waals surface area contributed by atoms with Gasteiger partial charge in [0.05, 0.1) is 23.3 Å². The van der Waals surface area contributed by atoms with Gasteiger partial charge >= 0.3 is 11.8 Å². The molecule has 110 valence electrons. The number of hydrogen-bond acceptors (Lipinski definition) is 5. The molecule has 1 rings (SSSR count). The summed E-state index contributed by atoms with van der Waals surface area (Å²) < 4.78 is 1.13. The quantitative estimate of drug-likeness (QED) is 0.525. The standard InChI is InChI=1S/C11H16N4O5/c1-2-3-8(11(17)18)6-12-10(16)7-14-5-4-9(13-14)15(19)20/h4-5,8H,2-3,6-7H2,1H3,(H,12,16)(H,17,18). The Hall–Kier alpha value is -2.45. The van der Waals surface area contributed by atoms with Crippen LogP contribution in [0.4, 0.5) is 5.82 Å². The number of carbonyl (C=O) groups excluding carboxylic acids is 1. The zero-order valence-corrected chi connectivity index (χ0v) is 11.0. The van der Waals surface area contributed by atoms with Gasteiger partial charge < -0.3 is 20.5 Å². The van der Waals surface area contributed by atoms with Crippen LogP contribution < -0.4 is 5.32 Å². The molecule has 0 saturated carbocycles. The maximum Gasteiger partial charge on any atom is 0.389 e. The molecule has 0 saturated heterocycles. The summed E-state index contributed by atoms with van der Waals surface area (Å²) in [4.78, 5) is 32.3. The van der Waals surface area contributed by atoms with E-state index in [1.54, 1.807) is 0 Å². The Bertz CT molecular complexity index is 499. The van der Waals surface area contributed by atoms with Gasteiger partial charge in [0.25, 0.3) is 0 Å². The first-order valence-corrected chi connectivity index (χ1v) is 6.11. The van der Waals surface area contributed by atoms with Crippen molar-refractivity contribution in [1.82, 2.24) is 15.1 Å². The molecule has 1 unspecified atom stereocenters. The molecule has 0 aliphatic heterocycles. The molecule has 0 aliphatic rings. The van der Waals surface area contributed by atoms with Gasteiger partial charge in [-0.05, 0) is 11.3 Å². The highest BCUT2D eigenvalue weighted by molar-refractivity contribution is 5.77.